The second-order valence-electron chi connectivity index (χ2n) is 3.89. The molecular formula is C14H10FNO4. The molecule has 1 aromatic carbocycles. The number of hydrogen-bond acceptors (Lipinski definition) is 4. The Hall–Kier alpha value is -2.76. The monoisotopic (exact) mass is 275 g/mol. The molecule has 0 aliphatic carbocycles. The fourth-order valence-electron chi connectivity index (χ4n) is 1.77. The van der Waals surface area contributed by atoms with Crippen molar-refractivity contribution < 1.29 is 23.8 Å². The number of nitrogens with zero attached hydrogens (tertiary/aromatic N) is 1. The third-order valence-electron chi connectivity index (χ3n) is 2.69. The fraction of sp³-hybridized carbons (Fsp3) is 0.0714. The lowest BCUT2D eigenvalue weighted by atomic mass is 10.0. The minimum absolute atomic E-state index is 0.171. The number of carboxylic acid groups (broad SMARTS) is 1. The van der Waals surface area contributed by atoms with Crippen LogP contribution in [0.15, 0.2) is 36.5 Å². The van der Waals surface area contributed by atoms with Crippen molar-refractivity contribution in [2.45, 2.75) is 0 Å². The van der Waals surface area contributed by atoms with Crippen molar-refractivity contribution in [3.8, 4) is 11.1 Å². The predicted molar refractivity (Wildman–Crippen MR) is 67.9 cm³/mol. The average Bonchev–Trinajstić information content (AvgIpc) is 2.47. The first-order valence-electron chi connectivity index (χ1n) is 5.61. The van der Waals surface area contributed by atoms with Crippen LogP contribution in [0, 0.1) is 5.82 Å². The molecule has 5 nitrogen and oxygen atoms in total. The summed E-state index contributed by atoms with van der Waals surface area (Å²) >= 11 is 0. The normalized spacial score (nSPS) is 10.1. The number of esters is 1. The van der Waals surface area contributed by atoms with Crippen LogP contribution in [0.2, 0.25) is 0 Å². The molecule has 0 atom stereocenters. The minimum Gasteiger partial charge on any atom is -0.476 e. The molecule has 0 amide bonds. The topological polar surface area (TPSA) is 76.5 Å². The Balaban J connectivity index is 2.60. The molecule has 6 heteroatoms. The number of aromatic carboxylic acids is 1. The molecule has 0 aliphatic heterocycles. The molecule has 0 unspecified atom stereocenters. The van der Waals surface area contributed by atoms with E-state index in [0.29, 0.717) is 11.1 Å². The summed E-state index contributed by atoms with van der Waals surface area (Å²) in [5.41, 5.74) is 0.238. The van der Waals surface area contributed by atoms with Crippen molar-refractivity contribution in [2.24, 2.45) is 0 Å². The molecule has 1 aromatic heterocycles. The van der Waals surface area contributed by atoms with Gasteiger partial charge in [-0.1, -0.05) is 12.1 Å². The number of halogens is 1. The SMILES string of the molecule is COC(=O)c1cc(-c2cccnc2C(=O)O)ccc1F. The lowest BCUT2D eigenvalue weighted by Gasteiger charge is -2.07. The number of carbonyl (C=O) groups excluding carboxylic acids is 1. The number of ether oxygens (including phenoxy) is 1. The molecule has 0 fully saturated rings. The van der Waals surface area contributed by atoms with Crippen LogP contribution in [0.1, 0.15) is 20.8 Å². The summed E-state index contributed by atoms with van der Waals surface area (Å²) in [4.78, 5) is 26.3. The lowest BCUT2D eigenvalue weighted by Crippen LogP contribution is -2.06. The molecular weight excluding hydrogens is 265 g/mol. The highest BCUT2D eigenvalue weighted by Gasteiger charge is 2.17. The first kappa shape index (κ1) is 13.7. The number of carbonyl (C=O) groups is 2. The maximum atomic E-state index is 13.5. The highest BCUT2D eigenvalue weighted by atomic mass is 19.1. The van der Waals surface area contributed by atoms with E-state index < -0.39 is 17.8 Å². The number of pyridine rings is 1. The lowest BCUT2D eigenvalue weighted by molar-refractivity contribution is 0.0594. The van der Waals surface area contributed by atoms with Gasteiger partial charge in [-0.05, 0) is 23.8 Å². The zero-order valence-corrected chi connectivity index (χ0v) is 10.5. The van der Waals surface area contributed by atoms with Crippen molar-refractivity contribution >= 4 is 11.9 Å². The summed E-state index contributed by atoms with van der Waals surface area (Å²) in [6.45, 7) is 0. The number of rotatable bonds is 3. The Morgan fingerprint density at radius 2 is 2.05 bits per heavy atom. The molecule has 0 radical (unpaired) electrons. The van der Waals surface area contributed by atoms with Gasteiger partial charge in [-0.3, -0.25) is 0 Å². The van der Waals surface area contributed by atoms with Crippen LogP contribution >= 0.6 is 0 Å². The maximum Gasteiger partial charge on any atom is 0.355 e. The van der Waals surface area contributed by atoms with Crippen LogP contribution in [0.25, 0.3) is 11.1 Å². The Kier molecular flexibility index (Phi) is 3.74. The van der Waals surface area contributed by atoms with E-state index in [2.05, 4.69) is 9.72 Å². The van der Waals surface area contributed by atoms with Gasteiger partial charge in [-0.25, -0.2) is 19.0 Å². The van der Waals surface area contributed by atoms with Crippen LogP contribution in [0.3, 0.4) is 0 Å². The Bertz CT molecular complexity index is 685. The maximum absolute atomic E-state index is 13.5. The van der Waals surface area contributed by atoms with Gasteiger partial charge in [-0.15, -0.1) is 0 Å². The molecule has 1 heterocycles. The molecule has 0 saturated carbocycles. The van der Waals surface area contributed by atoms with Gasteiger partial charge in [-0.2, -0.15) is 0 Å². The van der Waals surface area contributed by atoms with E-state index in [1.807, 2.05) is 0 Å². The first-order valence-corrected chi connectivity index (χ1v) is 5.61. The predicted octanol–water partition coefficient (Wildman–Crippen LogP) is 2.37. The molecule has 0 spiro atoms. The van der Waals surface area contributed by atoms with Gasteiger partial charge in [0.1, 0.15) is 5.82 Å². The summed E-state index contributed by atoms with van der Waals surface area (Å²) in [5, 5.41) is 9.08. The van der Waals surface area contributed by atoms with Gasteiger partial charge < -0.3 is 9.84 Å². The van der Waals surface area contributed by atoms with Gasteiger partial charge in [0, 0.05) is 11.8 Å². The van der Waals surface area contributed by atoms with E-state index in [-0.39, 0.29) is 11.3 Å². The highest BCUT2D eigenvalue weighted by molar-refractivity contribution is 5.96. The number of aromatic nitrogens is 1. The van der Waals surface area contributed by atoms with Crippen LogP contribution < -0.4 is 0 Å². The Morgan fingerprint density at radius 3 is 2.70 bits per heavy atom. The number of carboxylic acids is 1. The molecule has 0 aliphatic rings. The van der Waals surface area contributed by atoms with E-state index in [0.717, 1.165) is 13.2 Å². The zero-order chi connectivity index (χ0) is 14.7. The number of methoxy groups -OCH3 is 1. The van der Waals surface area contributed by atoms with E-state index in [9.17, 15) is 14.0 Å². The van der Waals surface area contributed by atoms with Gasteiger partial charge in [0.15, 0.2) is 5.69 Å². The average molecular weight is 275 g/mol. The minimum atomic E-state index is -1.20. The van der Waals surface area contributed by atoms with E-state index in [4.69, 9.17) is 5.11 Å². The second kappa shape index (κ2) is 5.48. The van der Waals surface area contributed by atoms with E-state index in [1.54, 1.807) is 6.07 Å². The smallest absolute Gasteiger partial charge is 0.355 e. The van der Waals surface area contributed by atoms with E-state index in [1.165, 1.54) is 24.4 Å². The summed E-state index contributed by atoms with van der Waals surface area (Å²) in [7, 11) is 1.14. The van der Waals surface area contributed by atoms with Crippen molar-refractivity contribution in [3.63, 3.8) is 0 Å². The second-order valence-corrected chi connectivity index (χ2v) is 3.89. The number of hydrogen-bond donors (Lipinski definition) is 1. The third kappa shape index (κ3) is 2.49. The van der Waals surface area contributed by atoms with Crippen LogP contribution in [0.4, 0.5) is 4.39 Å². The molecule has 102 valence electrons. The Labute approximate surface area is 113 Å². The molecule has 1 N–H and O–H groups in total. The first-order chi connectivity index (χ1) is 9.54. The van der Waals surface area contributed by atoms with Crippen molar-refractivity contribution in [3.05, 3.63) is 53.6 Å². The standard InChI is InChI=1S/C14H10FNO4/c1-20-14(19)10-7-8(4-5-11(10)15)9-3-2-6-16-12(9)13(17)18/h2-7H,1H3,(H,17,18). The Morgan fingerprint density at radius 1 is 1.30 bits per heavy atom. The molecule has 2 aromatic rings. The highest BCUT2D eigenvalue weighted by Crippen LogP contribution is 2.25. The van der Waals surface area contributed by atoms with Crippen LogP contribution in [-0.2, 0) is 4.74 Å². The number of benzene rings is 1. The quantitative estimate of drug-likeness (QED) is 0.870. The zero-order valence-electron chi connectivity index (χ0n) is 10.5. The van der Waals surface area contributed by atoms with Crippen LogP contribution in [-0.4, -0.2) is 29.1 Å². The largest absolute Gasteiger partial charge is 0.476 e. The molecule has 0 bridgehead atoms. The molecule has 0 saturated heterocycles. The summed E-state index contributed by atoms with van der Waals surface area (Å²) in [6.07, 6.45) is 1.34. The molecule has 2 rings (SSSR count). The van der Waals surface area contributed by atoms with Crippen molar-refractivity contribution in [1.29, 1.82) is 0 Å². The summed E-state index contributed by atoms with van der Waals surface area (Å²) in [6, 6.07) is 6.80. The van der Waals surface area contributed by atoms with Gasteiger partial charge in [0.2, 0.25) is 0 Å². The fourth-order valence-corrected chi connectivity index (χ4v) is 1.77. The van der Waals surface area contributed by atoms with Crippen LogP contribution in [0.5, 0.6) is 0 Å². The molecule has 20 heavy (non-hydrogen) atoms. The van der Waals surface area contributed by atoms with E-state index >= 15 is 0 Å². The van der Waals surface area contributed by atoms with Gasteiger partial charge in [0.05, 0.1) is 12.7 Å². The van der Waals surface area contributed by atoms with Gasteiger partial charge in [0.25, 0.3) is 0 Å². The summed E-state index contributed by atoms with van der Waals surface area (Å²) in [5.74, 6) is -2.77. The van der Waals surface area contributed by atoms with Crippen molar-refractivity contribution in [2.75, 3.05) is 7.11 Å². The third-order valence-corrected chi connectivity index (χ3v) is 2.69. The van der Waals surface area contributed by atoms with Crippen molar-refractivity contribution in [1.82, 2.24) is 4.98 Å². The van der Waals surface area contributed by atoms with Gasteiger partial charge >= 0.3 is 11.9 Å². The summed E-state index contributed by atoms with van der Waals surface area (Å²) < 4.78 is 18.0.